The average Bonchev–Trinajstić information content (AvgIpc) is 3.01. The van der Waals surface area contributed by atoms with Gasteiger partial charge in [0.1, 0.15) is 18.6 Å². The molecule has 3 aromatic heterocycles. The molecular weight excluding hydrogens is 390 g/mol. The van der Waals surface area contributed by atoms with E-state index in [-0.39, 0.29) is 4.75 Å². The molecule has 1 N–H and O–H groups in total. The van der Waals surface area contributed by atoms with Crippen LogP contribution in [0.2, 0.25) is 5.15 Å². The third kappa shape index (κ3) is 2.66. The minimum absolute atomic E-state index is 0.197. The number of aromatic nitrogens is 4. The maximum Gasteiger partial charge on any atom is 0.280 e. The molecule has 0 aliphatic carbocycles. The zero-order valence-electron chi connectivity index (χ0n) is 14.6. The summed E-state index contributed by atoms with van der Waals surface area (Å²) in [7, 11) is 0. The molecule has 26 heavy (non-hydrogen) atoms. The second-order valence-corrected chi connectivity index (χ2v) is 10.4. The number of ether oxygens (including phenoxy) is 1. The lowest BCUT2D eigenvalue weighted by atomic mass is 9.94. The van der Waals surface area contributed by atoms with Crippen molar-refractivity contribution >= 4 is 61.0 Å². The molecule has 0 saturated carbocycles. The van der Waals surface area contributed by atoms with Crippen molar-refractivity contribution in [3.05, 3.63) is 16.3 Å². The Labute approximate surface area is 164 Å². The second kappa shape index (κ2) is 6.15. The van der Waals surface area contributed by atoms with E-state index in [1.165, 1.54) is 22.3 Å². The van der Waals surface area contributed by atoms with Gasteiger partial charge < -0.3 is 4.74 Å². The molecule has 1 saturated heterocycles. The van der Waals surface area contributed by atoms with E-state index in [0.717, 1.165) is 53.5 Å². The summed E-state index contributed by atoms with van der Waals surface area (Å²) in [4.78, 5) is 7.21. The van der Waals surface area contributed by atoms with Gasteiger partial charge in [-0.05, 0) is 17.2 Å². The quantitative estimate of drug-likeness (QED) is 0.616. The van der Waals surface area contributed by atoms with E-state index < -0.39 is 0 Å². The van der Waals surface area contributed by atoms with E-state index in [1.807, 2.05) is 11.8 Å². The van der Waals surface area contributed by atoms with Crippen LogP contribution in [0.1, 0.15) is 25.0 Å². The molecule has 136 valence electrons. The number of rotatable bonds is 1. The average molecular weight is 409 g/mol. The Morgan fingerprint density at radius 2 is 2.00 bits per heavy atom. The summed E-state index contributed by atoms with van der Waals surface area (Å²) in [6, 6.07) is 0. The van der Waals surface area contributed by atoms with Gasteiger partial charge in [-0.15, -0.1) is 10.2 Å². The summed E-state index contributed by atoms with van der Waals surface area (Å²) in [5, 5.41) is 13.7. The lowest BCUT2D eigenvalue weighted by molar-refractivity contribution is -0.328. The van der Waals surface area contributed by atoms with Gasteiger partial charge in [-0.3, -0.25) is 4.90 Å². The van der Waals surface area contributed by atoms with Crippen LogP contribution in [0.3, 0.4) is 0 Å². The molecule has 2 aliphatic heterocycles. The number of anilines is 1. The molecule has 1 fully saturated rings. The number of hydrogen-bond donors (Lipinski definition) is 0. The number of halogens is 1. The van der Waals surface area contributed by atoms with Gasteiger partial charge in [-0.25, -0.2) is 4.98 Å². The second-order valence-electron chi connectivity index (χ2n) is 7.32. The van der Waals surface area contributed by atoms with Gasteiger partial charge >= 0.3 is 0 Å². The van der Waals surface area contributed by atoms with Crippen LogP contribution in [-0.4, -0.2) is 46.5 Å². The molecule has 0 amide bonds. The van der Waals surface area contributed by atoms with Crippen LogP contribution in [0.25, 0.3) is 20.4 Å². The van der Waals surface area contributed by atoms with E-state index >= 15 is 0 Å². The van der Waals surface area contributed by atoms with Crippen LogP contribution in [0.5, 0.6) is 0 Å². The van der Waals surface area contributed by atoms with Crippen molar-refractivity contribution in [2.75, 3.05) is 31.2 Å². The standard InChI is InChI=1S/C17H18ClN5OS2/c1-17(2)7-9-10(8-25-17)15(23-3-5-24-6-4-23)19-16-11(9)12-13(26-16)14(18)21-22-20-12/h3-8H2,1-2H3/p+1. The summed E-state index contributed by atoms with van der Waals surface area (Å²) in [6.45, 7) is 7.99. The molecule has 2 aliphatic rings. The fraction of sp³-hybridized carbons (Fsp3) is 0.529. The van der Waals surface area contributed by atoms with Crippen molar-refractivity contribution in [1.29, 1.82) is 0 Å². The number of thiophene rings is 1. The van der Waals surface area contributed by atoms with Gasteiger partial charge in [0.25, 0.3) is 5.82 Å². The molecular formula is C17H19ClN5OS2+. The molecule has 5 heterocycles. The van der Waals surface area contributed by atoms with Gasteiger partial charge in [-0.1, -0.05) is 36.8 Å². The van der Waals surface area contributed by atoms with Crippen LogP contribution in [0, 0.1) is 0 Å². The van der Waals surface area contributed by atoms with Crippen LogP contribution in [-0.2, 0) is 16.9 Å². The Morgan fingerprint density at radius 1 is 1.19 bits per heavy atom. The molecule has 0 spiro atoms. The van der Waals surface area contributed by atoms with Crippen molar-refractivity contribution in [2.45, 2.75) is 30.8 Å². The van der Waals surface area contributed by atoms with E-state index in [4.69, 9.17) is 16.3 Å². The number of nitrogens with one attached hydrogen (secondary N) is 1. The predicted molar refractivity (Wildman–Crippen MR) is 106 cm³/mol. The number of pyridine rings is 1. The van der Waals surface area contributed by atoms with Crippen molar-refractivity contribution < 1.29 is 9.72 Å². The highest BCUT2D eigenvalue weighted by Gasteiger charge is 2.36. The molecule has 0 bridgehead atoms. The SMILES string of the molecule is CC1(C)Cc2c(c(N3CCOCC3)[nH+]c3sc4c(Cl)nnnc4c23)CS1. The van der Waals surface area contributed by atoms with Gasteiger partial charge in [0.2, 0.25) is 0 Å². The van der Waals surface area contributed by atoms with Gasteiger partial charge in [0.15, 0.2) is 9.98 Å². The number of fused-ring (bicyclic) bond motifs is 5. The molecule has 3 aromatic rings. The van der Waals surface area contributed by atoms with Gasteiger partial charge in [0.05, 0.1) is 28.9 Å². The van der Waals surface area contributed by atoms with Crippen LogP contribution in [0.4, 0.5) is 5.82 Å². The molecule has 0 radical (unpaired) electrons. The largest absolute Gasteiger partial charge is 0.373 e. The minimum atomic E-state index is 0.197. The zero-order valence-corrected chi connectivity index (χ0v) is 17.0. The Bertz CT molecular complexity index is 1020. The lowest BCUT2D eigenvalue weighted by Crippen LogP contribution is -2.41. The molecule has 0 unspecified atom stereocenters. The van der Waals surface area contributed by atoms with Crippen molar-refractivity contribution in [2.24, 2.45) is 0 Å². The first kappa shape index (κ1) is 16.9. The third-order valence-electron chi connectivity index (χ3n) is 5.07. The molecule has 6 nitrogen and oxygen atoms in total. The van der Waals surface area contributed by atoms with E-state index in [0.29, 0.717) is 5.15 Å². The number of thioether (sulfide) groups is 1. The van der Waals surface area contributed by atoms with Crippen molar-refractivity contribution in [3.8, 4) is 0 Å². The van der Waals surface area contributed by atoms with Crippen LogP contribution in [0.15, 0.2) is 0 Å². The lowest BCUT2D eigenvalue weighted by Gasteiger charge is -2.32. The number of aromatic amines is 1. The third-order valence-corrected chi connectivity index (χ3v) is 7.91. The van der Waals surface area contributed by atoms with Crippen LogP contribution >= 0.6 is 34.7 Å². The Hall–Kier alpha value is -1.22. The first-order valence-corrected chi connectivity index (χ1v) is 10.9. The minimum Gasteiger partial charge on any atom is -0.373 e. The first-order valence-electron chi connectivity index (χ1n) is 8.68. The summed E-state index contributed by atoms with van der Waals surface area (Å²) < 4.78 is 6.65. The fourth-order valence-electron chi connectivity index (χ4n) is 3.81. The van der Waals surface area contributed by atoms with Crippen LogP contribution < -0.4 is 9.88 Å². The smallest absolute Gasteiger partial charge is 0.280 e. The molecule has 9 heteroatoms. The maximum atomic E-state index is 6.31. The number of H-pyrrole nitrogens is 1. The van der Waals surface area contributed by atoms with E-state index in [1.54, 1.807) is 11.3 Å². The van der Waals surface area contributed by atoms with E-state index in [9.17, 15) is 0 Å². The normalized spacial score (nSPS) is 19.9. The fourth-order valence-corrected chi connectivity index (χ4v) is 6.18. The summed E-state index contributed by atoms with van der Waals surface area (Å²) in [6.07, 6.45) is 1.00. The topological polar surface area (TPSA) is 65.3 Å². The Kier molecular flexibility index (Phi) is 4.00. The van der Waals surface area contributed by atoms with E-state index in [2.05, 4.69) is 39.1 Å². The van der Waals surface area contributed by atoms with Gasteiger partial charge in [-0.2, -0.15) is 11.8 Å². The molecule has 0 atom stereocenters. The Balaban J connectivity index is 1.82. The van der Waals surface area contributed by atoms with Gasteiger partial charge in [0, 0.05) is 10.5 Å². The highest BCUT2D eigenvalue weighted by atomic mass is 35.5. The zero-order chi connectivity index (χ0) is 17.9. The maximum absolute atomic E-state index is 6.31. The molecule has 0 aromatic carbocycles. The Morgan fingerprint density at radius 3 is 2.81 bits per heavy atom. The van der Waals surface area contributed by atoms with Crippen molar-refractivity contribution in [3.63, 3.8) is 0 Å². The number of hydrogen-bond acceptors (Lipinski definition) is 7. The number of morpholine rings is 1. The molecule has 5 rings (SSSR count). The predicted octanol–water partition coefficient (Wildman–Crippen LogP) is 3.11. The highest BCUT2D eigenvalue weighted by Crippen LogP contribution is 2.46. The van der Waals surface area contributed by atoms with Crippen molar-refractivity contribution in [1.82, 2.24) is 15.4 Å². The summed E-state index contributed by atoms with van der Waals surface area (Å²) >= 11 is 9.94. The monoisotopic (exact) mass is 408 g/mol. The highest BCUT2D eigenvalue weighted by molar-refractivity contribution is 7.99. The summed E-state index contributed by atoms with van der Waals surface area (Å²) in [5.41, 5.74) is 3.64. The summed E-state index contributed by atoms with van der Waals surface area (Å²) in [5.74, 6) is 2.22. The number of nitrogens with zero attached hydrogens (tertiary/aromatic N) is 4. The first-order chi connectivity index (χ1) is 12.5.